The van der Waals surface area contributed by atoms with Crippen LogP contribution < -0.4 is 0 Å². The monoisotopic (exact) mass is 1110 g/mol. The van der Waals surface area contributed by atoms with Gasteiger partial charge in [-0.25, -0.2) is 0 Å². The highest BCUT2D eigenvalue weighted by molar-refractivity contribution is 7.87. The maximum atomic E-state index is 12.5. The van der Waals surface area contributed by atoms with Gasteiger partial charge in [0.15, 0.2) is 22.9 Å². The van der Waals surface area contributed by atoms with Crippen LogP contribution in [-0.2, 0) is 50.6 Å². The molecule has 0 aliphatic carbocycles. The van der Waals surface area contributed by atoms with Gasteiger partial charge in [-0.15, -0.1) is 30.7 Å². The molecule has 0 fully saturated rings. The fourth-order valence-electron chi connectivity index (χ4n) is 7.19. The standard InChI is InChI=1S/C42H28N6O21S5/c49-32-16-24(72(61,62)63)15-28-27(32)17-31(37(42(28)54)46-48-39-36(74(67,68)69)14-21-10-23(71(58,59)60)4-6-26(21)41(39)53)45-43-29-7-1-18(11-33(29)50)19-2-8-30(34(51)12-19)44-47-38-35(73(64,65)66)13-20-9-22(70(55,56)57)3-5-25(20)40(38)52/h1-17,49-54H,(H,55,56,57)(H,58,59,60)(H,61,62,63)(H,64,65,66)(H,67,68,69). The molecular formula is C42H28N6O21S5. The van der Waals surface area contributed by atoms with Gasteiger partial charge in [0.2, 0.25) is 0 Å². The van der Waals surface area contributed by atoms with Gasteiger partial charge in [-0.05, 0) is 107 Å². The molecule has 0 unspecified atom stereocenters. The Labute approximate surface area is 414 Å². The summed E-state index contributed by atoms with van der Waals surface area (Å²) in [5.41, 5.74) is -3.44. The van der Waals surface area contributed by atoms with Crippen LogP contribution in [0.25, 0.3) is 43.4 Å². The summed E-state index contributed by atoms with van der Waals surface area (Å²) in [7, 11) is -25.2. The minimum Gasteiger partial charge on any atom is -0.507 e. The Kier molecular flexibility index (Phi) is 12.9. The Hall–Kier alpha value is -8.31. The van der Waals surface area contributed by atoms with E-state index in [0.717, 1.165) is 60.7 Å². The first kappa shape index (κ1) is 52.0. The van der Waals surface area contributed by atoms with E-state index in [2.05, 4.69) is 30.7 Å². The lowest BCUT2D eigenvalue weighted by molar-refractivity contribution is 0.468. The summed E-state index contributed by atoms with van der Waals surface area (Å²) in [5.74, 6) is -5.03. The van der Waals surface area contributed by atoms with Crippen LogP contribution in [0.4, 0.5) is 34.1 Å². The Morgan fingerprint density at radius 1 is 0.297 bits per heavy atom. The summed E-state index contributed by atoms with van der Waals surface area (Å²) in [4.78, 5) is -4.50. The summed E-state index contributed by atoms with van der Waals surface area (Å²) >= 11 is 0. The maximum Gasteiger partial charge on any atom is 0.296 e. The summed E-state index contributed by atoms with van der Waals surface area (Å²) in [6, 6.07) is 16.3. The summed E-state index contributed by atoms with van der Waals surface area (Å²) in [6.07, 6.45) is 0. The third-order valence-corrected chi connectivity index (χ3v) is 15.0. The van der Waals surface area contributed by atoms with Gasteiger partial charge < -0.3 is 30.6 Å². The maximum absolute atomic E-state index is 12.5. The van der Waals surface area contributed by atoms with Crippen molar-refractivity contribution in [2.45, 2.75) is 24.5 Å². The fourth-order valence-corrected chi connectivity index (χ4v) is 10.1. The molecular weight excluding hydrogens is 1080 g/mol. The number of rotatable bonds is 12. The Morgan fingerprint density at radius 3 is 1.11 bits per heavy atom. The molecule has 0 saturated heterocycles. The molecule has 0 spiro atoms. The smallest absolute Gasteiger partial charge is 0.296 e. The van der Waals surface area contributed by atoms with Crippen LogP contribution in [0, 0.1) is 0 Å². The van der Waals surface area contributed by atoms with Crippen molar-refractivity contribution in [3.8, 4) is 45.6 Å². The molecule has 382 valence electrons. The van der Waals surface area contributed by atoms with E-state index in [9.17, 15) is 95.5 Å². The van der Waals surface area contributed by atoms with E-state index in [1.54, 1.807) is 0 Å². The molecule has 8 rings (SSSR count). The number of fused-ring (bicyclic) bond motifs is 3. The third kappa shape index (κ3) is 10.2. The molecule has 32 heteroatoms. The predicted molar refractivity (Wildman–Crippen MR) is 255 cm³/mol. The molecule has 27 nitrogen and oxygen atoms in total. The van der Waals surface area contributed by atoms with Gasteiger partial charge in [0.25, 0.3) is 50.6 Å². The number of phenolic OH excluding ortho intramolecular Hbond substituents is 6. The molecule has 11 N–H and O–H groups in total. The van der Waals surface area contributed by atoms with Crippen molar-refractivity contribution in [3.05, 3.63) is 103 Å². The van der Waals surface area contributed by atoms with Crippen LogP contribution in [0.15, 0.2) is 158 Å². The Bertz CT molecular complexity index is 4480. The van der Waals surface area contributed by atoms with E-state index in [-0.39, 0.29) is 49.4 Å². The van der Waals surface area contributed by atoms with E-state index in [4.69, 9.17) is 0 Å². The van der Waals surface area contributed by atoms with Gasteiger partial charge in [-0.3, -0.25) is 22.8 Å². The third-order valence-electron chi connectivity index (χ3n) is 10.7. The van der Waals surface area contributed by atoms with Gasteiger partial charge >= 0.3 is 0 Å². The molecule has 8 aromatic rings. The van der Waals surface area contributed by atoms with Gasteiger partial charge in [0, 0.05) is 27.6 Å². The second-order valence-corrected chi connectivity index (χ2v) is 22.5. The highest BCUT2D eigenvalue weighted by atomic mass is 32.2. The molecule has 0 amide bonds. The highest BCUT2D eigenvalue weighted by Gasteiger charge is 2.27. The normalized spacial score (nSPS) is 13.1. The van der Waals surface area contributed by atoms with Crippen LogP contribution in [0.2, 0.25) is 0 Å². The van der Waals surface area contributed by atoms with Crippen molar-refractivity contribution in [2.24, 2.45) is 30.7 Å². The average molecular weight is 1110 g/mol. The fraction of sp³-hybridized carbons (Fsp3) is 0. The molecule has 74 heavy (non-hydrogen) atoms. The lowest BCUT2D eigenvalue weighted by Gasteiger charge is -2.11. The first-order valence-corrected chi connectivity index (χ1v) is 26.9. The van der Waals surface area contributed by atoms with Crippen molar-refractivity contribution in [2.75, 3.05) is 0 Å². The second-order valence-electron chi connectivity index (χ2n) is 15.4. The second kappa shape index (κ2) is 18.3. The zero-order valence-corrected chi connectivity index (χ0v) is 40.1. The summed E-state index contributed by atoms with van der Waals surface area (Å²) in [5, 5.41) is 87.2. The number of nitrogens with zero attached hydrogens (tertiary/aromatic N) is 6. The number of benzene rings is 8. The highest BCUT2D eigenvalue weighted by Crippen LogP contribution is 2.50. The lowest BCUT2D eigenvalue weighted by Crippen LogP contribution is -2.00. The van der Waals surface area contributed by atoms with Crippen molar-refractivity contribution in [1.29, 1.82) is 0 Å². The van der Waals surface area contributed by atoms with Gasteiger partial charge in [-0.1, -0.05) is 12.1 Å². The van der Waals surface area contributed by atoms with E-state index in [1.165, 1.54) is 24.3 Å². The quantitative estimate of drug-likeness (QED) is 0.0403. The number of aromatic hydroxyl groups is 6. The Balaban J connectivity index is 1.16. The first-order valence-electron chi connectivity index (χ1n) is 19.7. The van der Waals surface area contributed by atoms with Crippen molar-refractivity contribution in [1.82, 2.24) is 0 Å². The van der Waals surface area contributed by atoms with E-state index in [1.807, 2.05) is 0 Å². The van der Waals surface area contributed by atoms with Crippen molar-refractivity contribution >= 4 is 117 Å². The van der Waals surface area contributed by atoms with E-state index < -0.39 is 138 Å². The van der Waals surface area contributed by atoms with E-state index >= 15 is 0 Å². The molecule has 0 radical (unpaired) electrons. The summed E-state index contributed by atoms with van der Waals surface area (Å²) in [6.45, 7) is 0. The zero-order chi connectivity index (χ0) is 54.2. The lowest BCUT2D eigenvalue weighted by atomic mass is 10.0. The summed E-state index contributed by atoms with van der Waals surface area (Å²) < 4.78 is 169. The largest absolute Gasteiger partial charge is 0.507 e. The molecule has 0 bridgehead atoms. The van der Waals surface area contributed by atoms with E-state index in [0.29, 0.717) is 18.2 Å². The van der Waals surface area contributed by atoms with Crippen LogP contribution in [0.1, 0.15) is 0 Å². The Morgan fingerprint density at radius 2 is 0.689 bits per heavy atom. The molecule has 0 atom stereocenters. The molecule has 0 heterocycles. The first-order chi connectivity index (χ1) is 34.3. The predicted octanol–water partition coefficient (Wildman–Crippen LogP) is 8.53. The van der Waals surface area contributed by atoms with Crippen LogP contribution in [0.5, 0.6) is 34.5 Å². The topological polar surface area (TPSA) is 467 Å². The van der Waals surface area contributed by atoms with Gasteiger partial charge in [0.1, 0.15) is 55.5 Å². The number of phenols is 6. The number of hydrogen-bond acceptors (Lipinski definition) is 22. The van der Waals surface area contributed by atoms with Crippen LogP contribution in [0.3, 0.4) is 0 Å². The van der Waals surface area contributed by atoms with Gasteiger partial charge in [-0.2, -0.15) is 42.1 Å². The van der Waals surface area contributed by atoms with Gasteiger partial charge in [0.05, 0.1) is 14.7 Å². The number of azo groups is 3. The molecule has 0 aliphatic heterocycles. The SMILES string of the molecule is O=S(=O)(O)c1ccc2c(O)c(N=Nc3ccc(-c4ccc(N=Nc5cc6c(O)cc(S(=O)(=O)O)cc6c(O)c5N=Nc5c(S(=O)(=O)O)cc6cc(S(=O)(=O)O)ccc6c5O)c(O)c4)cc3O)c(S(=O)(=O)O)cc2c1. The molecule has 0 aliphatic rings. The molecule has 8 aromatic carbocycles. The zero-order valence-electron chi connectivity index (χ0n) is 36.0. The van der Waals surface area contributed by atoms with Crippen molar-refractivity contribution < 1.29 is 95.5 Å². The van der Waals surface area contributed by atoms with Crippen molar-refractivity contribution in [3.63, 3.8) is 0 Å². The van der Waals surface area contributed by atoms with Crippen LogP contribution >= 0.6 is 0 Å². The van der Waals surface area contributed by atoms with Crippen LogP contribution in [-0.4, -0.2) is 95.5 Å². The number of hydrogen-bond donors (Lipinski definition) is 11. The minimum absolute atomic E-state index is 0.168. The molecule has 0 saturated carbocycles. The molecule has 0 aromatic heterocycles. The average Bonchev–Trinajstić information content (AvgIpc) is 3.29. The minimum atomic E-state index is -5.35.